The number of carbonyl (C=O) groups excluding carboxylic acids is 1. The average Bonchev–Trinajstić information content (AvgIpc) is 3.25. The Labute approximate surface area is 151 Å². The minimum atomic E-state index is -1.75. The van der Waals surface area contributed by atoms with Gasteiger partial charge >= 0.3 is 0 Å². The van der Waals surface area contributed by atoms with Gasteiger partial charge in [0.1, 0.15) is 11.9 Å². The molecule has 1 amide bonds. The molecule has 0 aliphatic rings. The number of amides is 1. The molecule has 0 spiro atoms. The molecule has 10 heteroatoms. The fourth-order valence-electron chi connectivity index (χ4n) is 2.44. The van der Waals surface area contributed by atoms with E-state index in [2.05, 4.69) is 15.5 Å². The Kier molecular flexibility index (Phi) is 4.98. The summed E-state index contributed by atoms with van der Waals surface area (Å²) in [6.07, 6.45) is 4.26. The summed E-state index contributed by atoms with van der Waals surface area (Å²) in [5, 5.41) is 10.6. The number of hydrogen-bond donors (Lipinski definition) is 1. The van der Waals surface area contributed by atoms with Crippen molar-refractivity contribution in [1.29, 1.82) is 0 Å². The molecule has 0 bridgehead atoms. The molecule has 0 aliphatic heterocycles. The van der Waals surface area contributed by atoms with Crippen LogP contribution < -0.4 is 5.32 Å². The Bertz CT molecular complexity index is 997. The van der Waals surface area contributed by atoms with E-state index in [0.29, 0.717) is 0 Å². The van der Waals surface area contributed by atoms with E-state index in [1.165, 1.54) is 17.1 Å². The van der Waals surface area contributed by atoms with Crippen LogP contribution in [-0.4, -0.2) is 25.5 Å². The first-order chi connectivity index (χ1) is 12.8. The van der Waals surface area contributed by atoms with Crippen LogP contribution in [0.2, 0.25) is 0 Å². The van der Waals surface area contributed by atoms with Crippen LogP contribution in [0.25, 0.3) is 0 Å². The first-order valence-electron chi connectivity index (χ1n) is 7.93. The number of hydrogen-bond acceptors (Lipinski definition) is 3. The summed E-state index contributed by atoms with van der Waals surface area (Å²) in [7, 11) is 0. The Morgan fingerprint density at radius 1 is 1.22 bits per heavy atom. The van der Waals surface area contributed by atoms with Gasteiger partial charge in [-0.15, -0.1) is 0 Å². The van der Waals surface area contributed by atoms with Gasteiger partial charge in [0.25, 0.3) is 0 Å². The second-order valence-corrected chi connectivity index (χ2v) is 5.98. The third kappa shape index (κ3) is 3.83. The summed E-state index contributed by atoms with van der Waals surface area (Å²) < 4.78 is 56.3. The smallest absolute Gasteiger partial charge is 0.249 e. The number of nitrogens with zero attached hydrogens (tertiary/aromatic N) is 4. The number of halogens is 4. The normalized spacial score (nSPS) is 12.2. The van der Waals surface area contributed by atoms with E-state index < -0.39 is 41.4 Å². The van der Waals surface area contributed by atoms with Crippen LogP contribution in [-0.2, 0) is 11.3 Å². The zero-order valence-electron chi connectivity index (χ0n) is 14.4. The molecule has 27 heavy (non-hydrogen) atoms. The molecule has 2 heterocycles. The molecule has 0 saturated carbocycles. The summed E-state index contributed by atoms with van der Waals surface area (Å²) in [6, 6.07) is 1.43. The molecule has 1 N–H and O–H groups in total. The zero-order chi connectivity index (χ0) is 19.7. The number of anilines is 1. The molecule has 1 atom stereocenters. The van der Waals surface area contributed by atoms with Gasteiger partial charge in [-0.25, -0.2) is 17.6 Å². The van der Waals surface area contributed by atoms with Crippen LogP contribution in [0, 0.1) is 30.2 Å². The molecule has 0 radical (unpaired) electrons. The molecule has 1 unspecified atom stereocenters. The predicted octanol–water partition coefficient (Wildman–Crippen LogP) is 3.19. The van der Waals surface area contributed by atoms with E-state index in [9.17, 15) is 22.4 Å². The Hall–Kier alpha value is -3.17. The fourth-order valence-corrected chi connectivity index (χ4v) is 2.44. The van der Waals surface area contributed by atoms with E-state index in [1.807, 2.05) is 0 Å². The standard InChI is InChI=1S/C17H15F4N5O/c1-9-3-4-26(24-9)10(2)17(27)23-11-6-22-25(7-11)8-12-13(18)5-14(19)16(21)15(12)20/h3-7,10H,8H2,1-2H3,(H,23,27). The third-order valence-electron chi connectivity index (χ3n) is 3.95. The van der Waals surface area contributed by atoms with Crippen molar-refractivity contribution in [3.8, 4) is 0 Å². The van der Waals surface area contributed by atoms with Crippen LogP contribution in [0.3, 0.4) is 0 Å². The second kappa shape index (κ2) is 7.22. The monoisotopic (exact) mass is 381 g/mol. The molecule has 1 aromatic carbocycles. The summed E-state index contributed by atoms with van der Waals surface area (Å²) in [5.74, 6) is -6.57. The molecule has 142 valence electrons. The quantitative estimate of drug-likeness (QED) is 0.419. The maximum Gasteiger partial charge on any atom is 0.249 e. The second-order valence-electron chi connectivity index (χ2n) is 5.98. The largest absolute Gasteiger partial charge is 0.322 e. The predicted molar refractivity (Wildman–Crippen MR) is 87.9 cm³/mol. The van der Waals surface area contributed by atoms with E-state index in [4.69, 9.17) is 0 Å². The van der Waals surface area contributed by atoms with E-state index in [-0.39, 0.29) is 17.7 Å². The lowest BCUT2D eigenvalue weighted by Crippen LogP contribution is -2.23. The van der Waals surface area contributed by atoms with Gasteiger partial charge in [-0.1, -0.05) is 0 Å². The zero-order valence-corrected chi connectivity index (χ0v) is 14.4. The number of rotatable bonds is 5. The van der Waals surface area contributed by atoms with Gasteiger partial charge in [0.2, 0.25) is 5.91 Å². The van der Waals surface area contributed by atoms with Gasteiger partial charge in [-0.2, -0.15) is 10.2 Å². The number of aryl methyl sites for hydroxylation is 1. The molecule has 0 saturated heterocycles. The Balaban J connectivity index is 1.72. The number of nitrogens with one attached hydrogen (secondary N) is 1. The van der Waals surface area contributed by atoms with Gasteiger partial charge < -0.3 is 5.32 Å². The van der Waals surface area contributed by atoms with Gasteiger partial charge in [-0.3, -0.25) is 14.2 Å². The SMILES string of the molecule is Cc1ccn(C(C)C(=O)Nc2cnn(Cc3c(F)cc(F)c(F)c3F)c2)n1. The van der Waals surface area contributed by atoms with E-state index >= 15 is 0 Å². The van der Waals surface area contributed by atoms with Crippen LogP contribution >= 0.6 is 0 Å². The Morgan fingerprint density at radius 2 is 1.96 bits per heavy atom. The molecule has 3 rings (SSSR count). The van der Waals surface area contributed by atoms with Crippen LogP contribution in [0.4, 0.5) is 23.2 Å². The number of aromatic nitrogens is 4. The van der Waals surface area contributed by atoms with Crippen molar-refractivity contribution < 1.29 is 22.4 Å². The first kappa shape index (κ1) is 18.6. The molecule has 0 aliphatic carbocycles. The number of carbonyl (C=O) groups is 1. The van der Waals surface area contributed by atoms with E-state index in [1.54, 1.807) is 26.1 Å². The fraction of sp³-hybridized carbons (Fsp3) is 0.235. The van der Waals surface area contributed by atoms with Crippen molar-refractivity contribution in [2.45, 2.75) is 26.4 Å². The van der Waals surface area contributed by atoms with Crippen molar-refractivity contribution in [1.82, 2.24) is 19.6 Å². The summed E-state index contributed by atoms with van der Waals surface area (Å²) in [5.41, 5.74) is 0.368. The van der Waals surface area contributed by atoms with Crippen molar-refractivity contribution in [3.05, 3.63) is 65.2 Å². The lowest BCUT2D eigenvalue weighted by Gasteiger charge is -2.11. The highest BCUT2D eigenvalue weighted by Crippen LogP contribution is 2.20. The topological polar surface area (TPSA) is 64.7 Å². The van der Waals surface area contributed by atoms with Crippen molar-refractivity contribution >= 4 is 11.6 Å². The van der Waals surface area contributed by atoms with Crippen molar-refractivity contribution in [2.75, 3.05) is 5.32 Å². The Morgan fingerprint density at radius 3 is 2.63 bits per heavy atom. The minimum Gasteiger partial charge on any atom is -0.322 e. The lowest BCUT2D eigenvalue weighted by atomic mass is 10.2. The van der Waals surface area contributed by atoms with Crippen LogP contribution in [0.1, 0.15) is 24.2 Å². The van der Waals surface area contributed by atoms with Crippen LogP contribution in [0.15, 0.2) is 30.7 Å². The molecule has 3 aromatic rings. The lowest BCUT2D eigenvalue weighted by molar-refractivity contribution is -0.119. The average molecular weight is 381 g/mol. The van der Waals surface area contributed by atoms with Gasteiger partial charge in [0, 0.05) is 24.0 Å². The van der Waals surface area contributed by atoms with Crippen molar-refractivity contribution in [2.24, 2.45) is 0 Å². The number of benzene rings is 1. The third-order valence-corrected chi connectivity index (χ3v) is 3.95. The van der Waals surface area contributed by atoms with Gasteiger partial charge in [-0.05, 0) is 19.9 Å². The maximum atomic E-state index is 13.7. The molecule has 2 aromatic heterocycles. The maximum absolute atomic E-state index is 13.7. The minimum absolute atomic E-state index is 0.272. The highest BCUT2D eigenvalue weighted by Gasteiger charge is 2.20. The molecule has 0 fully saturated rings. The summed E-state index contributed by atoms with van der Waals surface area (Å²) >= 11 is 0. The summed E-state index contributed by atoms with van der Waals surface area (Å²) in [4.78, 5) is 12.3. The molecule has 6 nitrogen and oxygen atoms in total. The van der Waals surface area contributed by atoms with E-state index in [0.717, 1.165) is 10.4 Å². The van der Waals surface area contributed by atoms with Gasteiger partial charge in [0.15, 0.2) is 17.5 Å². The molecular formula is C17H15F4N5O. The van der Waals surface area contributed by atoms with Gasteiger partial charge in [0.05, 0.1) is 24.1 Å². The molecular weight excluding hydrogens is 366 g/mol. The first-order valence-corrected chi connectivity index (χ1v) is 7.93. The highest BCUT2D eigenvalue weighted by molar-refractivity contribution is 5.93. The summed E-state index contributed by atoms with van der Waals surface area (Å²) in [6.45, 7) is 2.97. The van der Waals surface area contributed by atoms with Crippen molar-refractivity contribution in [3.63, 3.8) is 0 Å². The highest BCUT2D eigenvalue weighted by atomic mass is 19.2. The van der Waals surface area contributed by atoms with Crippen LogP contribution in [0.5, 0.6) is 0 Å².